The molecule has 1 saturated carbocycles. The standard InChI is InChI=1S/C18H29N/c1-4-14(5-2)18(19-6-3)17-12-10-16(11-13-17)15-8-7-9-15/h10-15,18-19H,4-9H2,1-3H3. The van der Waals surface area contributed by atoms with Gasteiger partial charge in [-0.25, -0.2) is 0 Å². The minimum absolute atomic E-state index is 0.524. The summed E-state index contributed by atoms with van der Waals surface area (Å²) in [6.07, 6.45) is 6.70. The number of nitrogens with one attached hydrogen (secondary N) is 1. The second-order valence-corrected chi connectivity index (χ2v) is 5.91. The first-order chi connectivity index (χ1) is 9.30. The maximum atomic E-state index is 3.68. The highest BCUT2D eigenvalue weighted by molar-refractivity contribution is 5.28. The average Bonchev–Trinajstić information content (AvgIpc) is 2.38. The van der Waals surface area contributed by atoms with E-state index >= 15 is 0 Å². The fourth-order valence-electron chi connectivity index (χ4n) is 3.25. The van der Waals surface area contributed by atoms with Crippen LogP contribution >= 0.6 is 0 Å². The van der Waals surface area contributed by atoms with Crippen molar-refractivity contribution >= 4 is 0 Å². The highest BCUT2D eigenvalue weighted by atomic mass is 14.9. The fraction of sp³-hybridized carbons (Fsp3) is 0.667. The van der Waals surface area contributed by atoms with Crippen LogP contribution in [0.4, 0.5) is 0 Å². The number of hydrogen-bond acceptors (Lipinski definition) is 1. The Morgan fingerprint density at radius 2 is 1.68 bits per heavy atom. The first-order valence-corrected chi connectivity index (χ1v) is 8.13. The van der Waals surface area contributed by atoms with Crippen molar-refractivity contribution in [3.8, 4) is 0 Å². The predicted molar refractivity (Wildman–Crippen MR) is 83.5 cm³/mol. The molecule has 19 heavy (non-hydrogen) atoms. The molecule has 0 heterocycles. The molecule has 1 aromatic rings. The van der Waals surface area contributed by atoms with Crippen molar-refractivity contribution < 1.29 is 0 Å². The first-order valence-electron chi connectivity index (χ1n) is 8.13. The Hall–Kier alpha value is -0.820. The van der Waals surface area contributed by atoms with Gasteiger partial charge in [-0.05, 0) is 42.3 Å². The third kappa shape index (κ3) is 3.39. The van der Waals surface area contributed by atoms with Crippen LogP contribution < -0.4 is 5.32 Å². The zero-order chi connectivity index (χ0) is 13.7. The van der Waals surface area contributed by atoms with E-state index in [-0.39, 0.29) is 0 Å². The normalized spacial score (nSPS) is 17.5. The quantitative estimate of drug-likeness (QED) is 0.723. The zero-order valence-electron chi connectivity index (χ0n) is 12.8. The summed E-state index contributed by atoms with van der Waals surface area (Å²) < 4.78 is 0. The lowest BCUT2D eigenvalue weighted by atomic mass is 9.79. The van der Waals surface area contributed by atoms with Gasteiger partial charge < -0.3 is 5.32 Å². The largest absolute Gasteiger partial charge is 0.310 e. The minimum Gasteiger partial charge on any atom is -0.310 e. The van der Waals surface area contributed by atoms with Crippen molar-refractivity contribution in [1.29, 1.82) is 0 Å². The summed E-state index contributed by atoms with van der Waals surface area (Å²) in [5.41, 5.74) is 3.02. The Morgan fingerprint density at radius 1 is 1.05 bits per heavy atom. The molecule has 1 fully saturated rings. The van der Waals surface area contributed by atoms with E-state index in [0.29, 0.717) is 6.04 Å². The van der Waals surface area contributed by atoms with Crippen molar-refractivity contribution in [2.45, 2.75) is 64.8 Å². The third-order valence-electron chi connectivity index (χ3n) is 4.82. The van der Waals surface area contributed by atoms with Gasteiger partial charge in [-0.3, -0.25) is 0 Å². The topological polar surface area (TPSA) is 12.0 Å². The number of benzene rings is 1. The molecule has 1 aliphatic rings. The third-order valence-corrected chi connectivity index (χ3v) is 4.82. The van der Waals surface area contributed by atoms with E-state index in [9.17, 15) is 0 Å². The molecule has 0 saturated heterocycles. The summed E-state index contributed by atoms with van der Waals surface area (Å²) in [7, 11) is 0. The van der Waals surface area contributed by atoms with Crippen LogP contribution in [-0.2, 0) is 0 Å². The Bertz CT molecular complexity index is 360. The van der Waals surface area contributed by atoms with Crippen molar-refractivity contribution in [1.82, 2.24) is 5.32 Å². The predicted octanol–water partition coefficient (Wildman–Crippen LogP) is 5.04. The molecule has 2 rings (SSSR count). The van der Waals surface area contributed by atoms with Crippen LogP contribution in [0.25, 0.3) is 0 Å². The van der Waals surface area contributed by atoms with Gasteiger partial charge in [0.15, 0.2) is 0 Å². The molecule has 1 aromatic carbocycles. The van der Waals surface area contributed by atoms with Crippen LogP contribution in [0, 0.1) is 5.92 Å². The van der Waals surface area contributed by atoms with Gasteiger partial charge in [-0.1, -0.05) is 64.3 Å². The fourth-order valence-corrected chi connectivity index (χ4v) is 3.25. The minimum atomic E-state index is 0.524. The summed E-state index contributed by atoms with van der Waals surface area (Å²) in [5.74, 6) is 1.59. The molecule has 0 spiro atoms. The van der Waals surface area contributed by atoms with Gasteiger partial charge in [0.25, 0.3) is 0 Å². The SMILES string of the molecule is CCNC(c1ccc(C2CCC2)cc1)C(CC)CC. The lowest BCUT2D eigenvalue weighted by molar-refractivity contribution is 0.346. The maximum absolute atomic E-state index is 3.68. The maximum Gasteiger partial charge on any atom is 0.0348 e. The lowest BCUT2D eigenvalue weighted by Crippen LogP contribution is -2.27. The van der Waals surface area contributed by atoms with Gasteiger partial charge in [0, 0.05) is 6.04 Å². The molecule has 1 atom stereocenters. The Labute approximate surface area is 118 Å². The van der Waals surface area contributed by atoms with Gasteiger partial charge >= 0.3 is 0 Å². The smallest absolute Gasteiger partial charge is 0.0348 e. The highest BCUT2D eigenvalue weighted by Crippen LogP contribution is 2.37. The molecular formula is C18H29N. The van der Waals surface area contributed by atoms with Crippen molar-refractivity contribution in [2.75, 3.05) is 6.54 Å². The number of rotatable bonds is 7. The van der Waals surface area contributed by atoms with E-state index in [2.05, 4.69) is 50.4 Å². The second kappa shape index (κ2) is 7.09. The Kier molecular flexibility index (Phi) is 5.45. The summed E-state index contributed by atoms with van der Waals surface area (Å²) in [4.78, 5) is 0. The summed E-state index contributed by atoms with van der Waals surface area (Å²) in [6.45, 7) is 7.87. The van der Waals surface area contributed by atoms with Crippen LogP contribution in [-0.4, -0.2) is 6.54 Å². The van der Waals surface area contributed by atoms with Crippen LogP contribution in [0.5, 0.6) is 0 Å². The van der Waals surface area contributed by atoms with Crippen LogP contribution in [0.3, 0.4) is 0 Å². The summed E-state index contributed by atoms with van der Waals surface area (Å²) in [6, 6.07) is 9.98. The monoisotopic (exact) mass is 259 g/mol. The van der Waals surface area contributed by atoms with E-state index in [1.165, 1.54) is 37.7 Å². The lowest BCUT2D eigenvalue weighted by Gasteiger charge is -2.29. The van der Waals surface area contributed by atoms with Gasteiger partial charge in [0.2, 0.25) is 0 Å². The van der Waals surface area contributed by atoms with E-state index in [1.54, 1.807) is 5.56 Å². The molecule has 1 nitrogen and oxygen atoms in total. The summed E-state index contributed by atoms with van der Waals surface area (Å²) >= 11 is 0. The van der Waals surface area contributed by atoms with E-state index < -0.39 is 0 Å². The molecule has 0 amide bonds. The average molecular weight is 259 g/mol. The van der Waals surface area contributed by atoms with Crippen molar-refractivity contribution in [2.24, 2.45) is 5.92 Å². The first kappa shape index (κ1) is 14.6. The van der Waals surface area contributed by atoms with Crippen LogP contribution in [0.1, 0.15) is 76.0 Å². The zero-order valence-corrected chi connectivity index (χ0v) is 12.8. The van der Waals surface area contributed by atoms with Crippen LogP contribution in [0.15, 0.2) is 24.3 Å². The molecule has 0 bridgehead atoms. The second-order valence-electron chi connectivity index (χ2n) is 5.91. The summed E-state index contributed by atoms with van der Waals surface area (Å²) in [5, 5.41) is 3.68. The number of hydrogen-bond donors (Lipinski definition) is 1. The highest BCUT2D eigenvalue weighted by Gasteiger charge is 2.22. The molecule has 1 heteroatoms. The van der Waals surface area contributed by atoms with Crippen molar-refractivity contribution in [3.63, 3.8) is 0 Å². The van der Waals surface area contributed by atoms with E-state index in [1.807, 2.05) is 0 Å². The van der Waals surface area contributed by atoms with Gasteiger partial charge in [-0.2, -0.15) is 0 Å². The molecule has 0 aliphatic heterocycles. The Morgan fingerprint density at radius 3 is 2.11 bits per heavy atom. The molecular weight excluding hydrogens is 230 g/mol. The van der Waals surface area contributed by atoms with E-state index in [0.717, 1.165) is 18.4 Å². The van der Waals surface area contributed by atoms with Gasteiger partial charge in [0.05, 0.1) is 0 Å². The Balaban J connectivity index is 2.11. The molecule has 106 valence electrons. The van der Waals surface area contributed by atoms with Crippen LogP contribution in [0.2, 0.25) is 0 Å². The van der Waals surface area contributed by atoms with Gasteiger partial charge in [-0.15, -0.1) is 0 Å². The van der Waals surface area contributed by atoms with Gasteiger partial charge in [0.1, 0.15) is 0 Å². The molecule has 1 N–H and O–H groups in total. The van der Waals surface area contributed by atoms with Crippen molar-refractivity contribution in [3.05, 3.63) is 35.4 Å². The molecule has 0 radical (unpaired) electrons. The van der Waals surface area contributed by atoms with E-state index in [4.69, 9.17) is 0 Å². The molecule has 1 unspecified atom stereocenters. The molecule has 1 aliphatic carbocycles. The molecule has 0 aromatic heterocycles.